The van der Waals surface area contributed by atoms with E-state index in [9.17, 15) is 9.59 Å². The largest absolute Gasteiger partial charge is 0.463 e. The lowest BCUT2D eigenvalue weighted by Gasteiger charge is -2.08. The SMILES string of the molecule is Cc1cc(NC(=O)Cn2cnc3ccccc3c2=O)n(-c2nc(-c3ccco3)cs2)n1. The van der Waals surface area contributed by atoms with Crippen molar-refractivity contribution in [3.63, 3.8) is 0 Å². The van der Waals surface area contributed by atoms with Gasteiger partial charge in [0.1, 0.15) is 18.1 Å². The molecule has 0 aliphatic rings. The number of amides is 1. The second-order valence-electron chi connectivity index (χ2n) is 6.82. The zero-order valence-electron chi connectivity index (χ0n) is 16.3. The molecule has 154 valence electrons. The van der Waals surface area contributed by atoms with Crippen molar-refractivity contribution >= 4 is 34.0 Å². The van der Waals surface area contributed by atoms with Gasteiger partial charge in [0, 0.05) is 11.4 Å². The Morgan fingerprint density at radius 1 is 1.23 bits per heavy atom. The van der Waals surface area contributed by atoms with E-state index in [1.54, 1.807) is 41.3 Å². The summed E-state index contributed by atoms with van der Waals surface area (Å²) in [7, 11) is 0. The lowest BCUT2D eigenvalue weighted by molar-refractivity contribution is -0.116. The monoisotopic (exact) mass is 432 g/mol. The minimum Gasteiger partial charge on any atom is -0.463 e. The molecule has 0 radical (unpaired) electrons. The number of para-hydroxylation sites is 1. The summed E-state index contributed by atoms with van der Waals surface area (Å²) in [5.74, 6) is 0.743. The molecule has 0 bridgehead atoms. The number of aromatic nitrogens is 5. The Labute approximate surface area is 179 Å². The number of fused-ring (bicyclic) bond motifs is 1. The predicted octanol–water partition coefficient (Wildman–Crippen LogP) is 3.25. The molecule has 1 amide bonds. The summed E-state index contributed by atoms with van der Waals surface area (Å²) in [6.45, 7) is 1.65. The predicted molar refractivity (Wildman–Crippen MR) is 116 cm³/mol. The molecule has 5 aromatic rings. The molecule has 0 aliphatic heterocycles. The van der Waals surface area contributed by atoms with Crippen molar-refractivity contribution in [1.82, 2.24) is 24.3 Å². The summed E-state index contributed by atoms with van der Waals surface area (Å²) >= 11 is 1.38. The van der Waals surface area contributed by atoms with Crippen LogP contribution < -0.4 is 10.9 Å². The Balaban J connectivity index is 1.39. The summed E-state index contributed by atoms with van der Waals surface area (Å²) < 4.78 is 8.23. The first-order chi connectivity index (χ1) is 15.1. The van der Waals surface area contributed by atoms with Crippen molar-refractivity contribution < 1.29 is 9.21 Å². The number of furan rings is 1. The van der Waals surface area contributed by atoms with Crippen LogP contribution in [-0.2, 0) is 11.3 Å². The Morgan fingerprint density at radius 3 is 2.94 bits per heavy atom. The van der Waals surface area contributed by atoms with Crippen molar-refractivity contribution in [3.8, 4) is 16.6 Å². The van der Waals surface area contributed by atoms with Crippen molar-refractivity contribution in [3.05, 3.63) is 76.5 Å². The van der Waals surface area contributed by atoms with Crippen LogP contribution in [0.5, 0.6) is 0 Å². The van der Waals surface area contributed by atoms with Gasteiger partial charge in [-0.1, -0.05) is 12.1 Å². The first-order valence-electron chi connectivity index (χ1n) is 9.39. The highest BCUT2D eigenvalue weighted by molar-refractivity contribution is 7.12. The molecule has 5 rings (SSSR count). The third kappa shape index (κ3) is 3.64. The van der Waals surface area contributed by atoms with E-state index < -0.39 is 0 Å². The van der Waals surface area contributed by atoms with Gasteiger partial charge in [0.05, 0.1) is 29.2 Å². The quantitative estimate of drug-likeness (QED) is 0.457. The molecule has 9 nitrogen and oxygen atoms in total. The molecule has 0 saturated carbocycles. The molecular formula is C21H16N6O3S. The minimum atomic E-state index is -0.372. The molecule has 0 saturated heterocycles. The van der Waals surface area contributed by atoms with Crippen molar-refractivity contribution in [2.75, 3.05) is 5.32 Å². The fourth-order valence-electron chi connectivity index (χ4n) is 3.19. The molecule has 1 aromatic carbocycles. The van der Waals surface area contributed by atoms with Crippen LogP contribution in [0.1, 0.15) is 5.69 Å². The standard InChI is InChI=1S/C21H16N6O3S/c1-13-9-18(27(25-13)21-23-16(11-31-21)17-7-4-8-30-17)24-19(28)10-26-12-22-15-6-3-2-5-14(15)20(26)29/h2-9,11-12H,10H2,1H3,(H,24,28). The molecule has 0 aliphatic carbocycles. The van der Waals surface area contributed by atoms with E-state index in [-0.39, 0.29) is 18.0 Å². The van der Waals surface area contributed by atoms with Crippen LogP contribution in [0.15, 0.2) is 69.6 Å². The third-order valence-electron chi connectivity index (χ3n) is 4.59. The number of hydrogen-bond donors (Lipinski definition) is 1. The highest BCUT2D eigenvalue weighted by Crippen LogP contribution is 2.26. The first kappa shape index (κ1) is 18.9. The van der Waals surface area contributed by atoms with Gasteiger partial charge in [0.2, 0.25) is 11.0 Å². The van der Waals surface area contributed by atoms with E-state index in [2.05, 4.69) is 20.4 Å². The molecule has 10 heteroatoms. The van der Waals surface area contributed by atoms with Crippen LogP contribution in [0.3, 0.4) is 0 Å². The number of benzene rings is 1. The van der Waals surface area contributed by atoms with Gasteiger partial charge < -0.3 is 9.73 Å². The zero-order valence-corrected chi connectivity index (χ0v) is 17.2. The van der Waals surface area contributed by atoms with Crippen LogP contribution in [0.25, 0.3) is 27.5 Å². The number of hydrogen-bond acceptors (Lipinski definition) is 7. The van der Waals surface area contributed by atoms with Crippen molar-refractivity contribution in [2.24, 2.45) is 0 Å². The molecule has 0 spiro atoms. The Kier molecular flexibility index (Phi) is 4.68. The fourth-order valence-corrected chi connectivity index (χ4v) is 3.97. The molecule has 0 atom stereocenters. The normalized spacial score (nSPS) is 11.1. The number of carbonyl (C=O) groups is 1. The highest BCUT2D eigenvalue weighted by atomic mass is 32.1. The summed E-state index contributed by atoms with van der Waals surface area (Å²) in [5.41, 5.74) is 1.72. The van der Waals surface area contributed by atoms with Gasteiger partial charge in [0.25, 0.3) is 5.56 Å². The van der Waals surface area contributed by atoms with Gasteiger partial charge in [-0.25, -0.2) is 9.97 Å². The van der Waals surface area contributed by atoms with Gasteiger partial charge in [-0.2, -0.15) is 9.78 Å². The molecule has 1 N–H and O–H groups in total. The van der Waals surface area contributed by atoms with Crippen LogP contribution >= 0.6 is 11.3 Å². The number of anilines is 1. The van der Waals surface area contributed by atoms with Gasteiger partial charge >= 0.3 is 0 Å². The molecule has 4 heterocycles. The summed E-state index contributed by atoms with van der Waals surface area (Å²) in [6.07, 6.45) is 2.96. The number of rotatable bonds is 5. The van der Waals surface area contributed by atoms with E-state index in [1.165, 1.54) is 22.2 Å². The van der Waals surface area contributed by atoms with Crippen molar-refractivity contribution in [2.45, 2.75) is 13.5 Å². The average Bonchev–Trinajstić information content (AvgIpc) is 3.51. The lowest BCUT2D eigenvalue weighted by Crippen LogP contribution is -2.28. The molecule has 0 unspecified atom stereocenters. The molecule has 0 fully saturated rings. The first-order valence-corrected chi connectivity index (χ1v) is 10.3. The summed E-state index contributed by atoms with van der Waals surface area (Å²) in [6, 6.07) is 12.4. The minimum absolute atomic E-state index is 0.170. The van der Waals surface area contributed by atoms with Gasteiger partial charge in [-0.3, -0.25) is 14.2 Å². The van der Waals surface area contributed by atoms with Gasteiger partial charge in [0.15, 0.2) is 5.76 Å². The third-order valence-corrected chi connectivity index (χ3v) is 5.41. The molecule has 31 heavy (non-hydrogen) atoms. The maximum absolute atomic E-state index is 12.7. The van der Waals surface area contributed by atoms with E-state index in [0.29, 0.717) is 33.3 Å². The Bertz CT molecular complexity index is 1450. The maximum Gasteiger partial charge on any atom is 0.261 e. The number of carbonyl (C=O) groups excluding carboxylic acids is 1. The van der Waals surface area contributed by atoms with E-state index >= 15 is 0 Å². The van der Waals surface area contributed by atoms with Crippen LogP contribution in [0.4, 0.5) is 5.82 Å². The smallest absolute Gasteiger partial charge is 0.261 e. The maximum atomic E-state index is 12.7. The van der Waals surface area contributed by atoms with Gasteiger partial charge in [-0.05, 0) is 31.2 Å². The topological polar surface area (TPSA) is 108 Å². The molecular weight excluding hydrogens is 416 g/mol. The van der Waals surface area contributed by atoms with Crippen LogP contribution in [-0.4, -0.2) is 30.2 Å². The Morgan fingerprint density at radius 2 is 2.10 bits per heavy atom. The fraction of sp³-hybridized carbons (Fsp3) is 0.0952. The summed E-state index contributed by atoms with van der Waals surface area (Å²) in [4.78, 5) is 34.1. The van der Waals surface area contributed by atoms with E-state index in [4.69, 9.17) is 4.42 Å². The van der Waals surface area contributed by atoms with Gasteiger partial charge in [-0.15, -0.1) is 11.3 Å². The lowest BCUT2D eigenvalue weighted by atomic mass is 10.2. The number of aryl methyl sites for hydroxylation is 1. The average molecular weight is 432 g/mol. The van der Waals surface area contributed by atoms with Crippen LogP contribution in [0, 0.1) is 6.92 Å². The van der Waals surface area contributed by atoms with Crippen molar-refractivity contribution in [1.29, 1.82) is 0 Å². The van der Waals surface area contributed by atoms with Crippen LogP contribution in [0.2, 0.25) is 0 Å². The number of nitrogens with zero attached hydrogens (tertiary/aromatic N) is 5. The van der Waals surface area contributed by atoms with E-state index in [1.807, 2.05) is 24.4 Å². The highest BCUT2D eigenvalue weighted by Gasteiger charge is 2.16. The second kappa shape index (κ2) is 7.65. The molecule has 4 aromatic heterocycles. The number of nitrogens with one attached hydrogen (secondary N) is 1. The number of thiazole rings is 1. The summed E-state index contributed by atoms with van der Waals surface area (Å²) in [5, 5.41) is 10.2. The zero-order chi connectivity index (χ0) is 21.4. The Hall–Kier alpha value is -4.05. The second-order valence-corrected chi connectivity index (χ2v) is 7.65. The van der Waals surface area contributed by atoms with E-state index in [0.717, 1.165) is 5.69 Å².